The van der Waals surface area contributed by atoms with E-state index in [1.165, 1.54) is 10.6 Å². The van der Waals surface area contributed by atoms with Crippen LogP contribution < -0.4 is 10.9 Å². The molecule has 3 aromatic rings. The van der Waals surface area contributed by atoms with Gasteiger partial charge in [-0.1, -0.05) is 35.9 Å². The zero-order valence-corrected chi connectivity index (χ0v) is 16.1. The van der Waals surface area contributed by atoms with Gasteiger partial charge in [0.15, 0.2) is 0 Å². The Morgan fingerprint density at radius 1 is 1.14 bits per heavy atom. The quantitative estimate of drug-likeness (QED) is 0.720. The van der Waals surface area contributed by atoms with Gasteiger partial charge in [-0.3, -0.25) is 18.9 Å². The minimum Gasteiger partial charge on any atom is -0.350 e. The number of benzene rings is 1. The number of hydrogen-bond acceptors (Lipinski definition) is 4. The van der Waals surface area contributed by atoms with Gasteiger partial charge in [0.05, 0.1) is 6.04 Å². The summed E-state index contributed by atoms with van der Waals surface area (Å²) in [5.41, 5.74) is 1.15. The van der Waals surface area contributed by atoms with Gasteiger partial charge in [0, 0.05) is 24.0 Å². The standard InChI is InChI=1S/C21H21ClN4O2/c22-17-8-2-1-7-15(17)18(25-10-5-6-11-25)14-24-20(27)16-13-23-19-9-3-4-12-26(19)21(16)28/h1-4,7-9,12-13,18H,5-6,10-11,14H2,(H,24,27)/t18-/m0/s1. The molecule has 0 saturated carbocycles. The Balaban J connectivity index is 1.57. The summed E-state index contributed by atoms with van der Waals surface area (Å²) in [5.74, 6) is -0.424. The number of nitrogens with zero attached hydrogens (tertiary/aromatic N) is 3. The van der Waals surface area contributed by atoms with Crippen molar-refractivity contribution >= 4 is 23.2 Å². The minimum atomic E-state index is -0.424. The molecule has 144 valence electrons. The van der Waals surface area contributed by atoms with Crippen molar-refractivity contribution in [2.45, 2.75) is 18.9 Å². The molecule has 6 nitrogen and oxygen atoms in total. The highest BCUT2D eigenvalue weighted by molar-refractivity contribution is 6.31. The first-order valence-corrected chi connectivity index (χ1v) is 9.76. The second kappa shape index (κ2) is 8.12. The number of pyridine rings is 1. The molecule has 1 aliphatic rings. The van der Waals surface area contributed by atoms with Crippen LogP contribution in [0.5, 0.6) is 0 Å². The Bertz CT molecular complexity index is 1060. The molecule has 2 aromatic heterocycles. The van der Waals surface area contributed by atoms with Crippen LogP contribution in [0, 0.1) is 0 Å². The zero-order valence-electron chi connectivity index (χ0n) is 15.3. The molecular weight excluding hydrogens is 376 g/mol. The summed E-state index contributed by atoms with van der Waals surface area (Å²) >= 11 is 6.42. The average Bonchev–Trinajstić information content (AvgIpc) is 3.24. The molecule has 0 unspecified atom stereocenters. The number of carbonyl (C=O) groups is 1. The number of carbonyl (C=O) groups excluding carboxylic acids is 1. The van der Waals surface area contributed by atoms with Crippen LogP contribution in [-0.2, 0) is 0 Å². The lowest BCUT2D eigenvalue weighted by molar-refractivity contribution is 0.0936. The highest BCUT2D eigenvalue weighted by Crippen LogP contribution is 2.29. The molecule has 1 atom stereocenters. The molecule has 28 heavy (non-hydrogen) atoms. The van der Waals surface area contributed by atoms with Gasteiger partial charge in [0.1, 0.15) is 11.2 Å². The molecule has 3 heterocycles. The van der Waals surface area contributed by atoms with Crippen molar-refractivity contribution in [2.24, 2.45) is 0 Å². The van der Waals surface area contributed by atoms with Crippen LogP contribution in [-0.4, -0.2) is 39.8 Å². The summed E-state index contributed by atoms with van der Waals surface area (Å²) in [4.78, 5) is 31.9. The monoisotopic (exact) mass is 396 g/mol. The van der Waals surface area contributed by atoms with E-state index < -0.39 is 5.91 Å². The van der Waals surface area contributed by atoms with Crippen LogP contribution in [0.4, 0.5) is 0 Å². The molecule has 0 spiro atoms. The van der Waals surface area contributed by atoms with Gasteiger partial charge < -0.3 is 5.32 Å². The van der Waals surface area contributed by atoms with Gasteiger partial charge in [-0.05, 0) is 49.7 Å². The van der Waals surface area contributed by atoms with Crippen molar-refractivity contribution in [3.05, 3.63) is 81.4 Å². The fourth-order valence-electron chi connectivity index (χ4n) is 3.70. The first-order chi connectivity index (χ1) is 13.6. The summed E-state index contributed by atoms with van der Waals surface area (Å²) in [6, 6.07) is 12.9. The van der Waals surface area contributed by atoms with E-state index in [1.54, 1.807) is 24.4 Å². The maximum Gasteiger partial charge on any atom is 0.270 e. The van der Waals surface area contributed by atoms with Gasteiger partial charge in [-0.15, -0.1) is 0 Å². The molecule has 1 aliphatic heterocycles. The second-order valence-electron chi connectivity index (χ2n) is 6.90. The molecule has 1 amide bonds. The van der Waals surface area contributed by atoms with E-state index in [0.29, 0.717) is 17.2 Å². The Hall–Kier alpha value is -2.70. The molecule has 0 radical (unpaired) electrons. The van der Waals surface area contributed by atoms with Gasteiger partial charge in [-0.2, -0.15) is 0 Å². The number of halogens is 1. The van der Waals surface area contributed by atoms with Crippen molar-refractivity contribution < 1.29 is 4.79 Å². The van der Waals surface area contributed by atoms with Crippen molar-refractivity contribution in [1.82, 2.24) is 19.6 Å². The molecule has 0 bridgehead atoms. The van der Waals surface area contributed by atoms with E-state index in [4.69, 9.17) is 11.6 Å². The van der Waals surface area contributed by atoms with E-state index >= 15 is 0 Å². The Kier molecular flexibility index (Phi) is 5.41. The maximum atomic E-state index is 12.7. The molecule has 1 fully saturated rings. The van der Waals surface area contributed by atoms with Crippen molar-refractivity contribution in [3.8, 4) is 0 Å². The molecule has 1 saturated heterocycles. The Labute approximate surface area is 167 Å². The van der Waals surface area contributed by atoms with Crippen LogP contribution in [0.2, 0.25) is 5.02 Å². The highest BCUT2D eigenvalue weighted by Gasteiger charge is 2.26. The molecule has 4 rings (SSSR count). The zero-order chi connectivity index (χ0) is 19.5. The van der Waals surface area contributed by atoms with Gasteiger partial charge in [0.25, 0.3) is 11.5 Å². The SMILES string of the molecule is O=C(NC[C@@H](c1ccccc1Cl)N1CCCC1)c1cnc2ccccn2c1=O. The predicted octanol–water partition coefficient (Wildman–Crippen LogP) is 2.91. The van der Waals surface area contributed by atoms with Crippen LogP contribution in [0.15, 0.2) is 59.7 Å². The molecule has 1 N–H and O–H groups in total. The van der Waals surface area contributed by atoms with E-state index in [-0.39, 0.29) is 17.2 Å². The number of likely N-dealkylation sites (tertiary alicyclic amines) is 1. The topological polar surface area (TPSA) is 66.7 Å². The smallest absolute Gasteiger partial charge is 0.270 e. The number of amides is 1. The van der Waals surface area contributed by atoms with E-state index in [2.05, 4.69) is 15.2 Å². The first-order valence-electron chi connectivity index (χ1n) is 9.38. The predicted molar refractivity (Wildman–Crippen MR) is 109 cm³/mol. The summed E-state index contributed by atoms with van der Waals surface area (Å²) in [7, 11) is 0. The highest BCUT2D eigenvalue weighted by atomic mass is 35.5. The van der Waals surface area contributed by atoms with Crippen LogP contribution in [0.25, 0.3) is 5.65 Å². The molecular formula is C21H21ClN4O2. The fraction of sp³-hybridized carbons (Fsp3) is 0.286. The number of hydrogen-bond donors (Lipinski definition) is 1. The summed E-state index contributed by atoms with van der Waals surface area (Å²) in [6.07, 6.45) is 5.21. The minimum absolute atomic E-state index is 0.0306. The maximum absolute atomic E-state index is 12.7. The van der Waals surface area contributed by atoms with Crippen molar-refractivity contribution in [2.75, 3.05) is 19.6 Å². The lowest BCUT2D eigenvalue weighted by Gasteiger charge is -2.28. The van der Waals surface area contributed by atoms with E-state index in [0.717, 1.165) is 31.5 Å². The van der Waals surface area contributed by atoms with Crippen molar-refractivity contribution in [3.63, 3.8) is 0 Å². The lowest BCUT2D eigenvalue weighted by atomic mass is 10.1. The summed E-state index contributed by atoms with van der Waals surface area (Å²) in [5, 5.41) is 3.60. The molecule has 1 aromatic carbocycles. The Morgan fingerprint density at radius 3 is 2.68 bits per heavy atom. The summed E-state index contributed by atoms with van der Waals surface area (Å²) < 4.78 is 1.38. The molecule has 7 heteroatoms. The number of rotatable bonds is 5. The largest absolute Gasteiger partial charge is 0.350 e. The second-order valence-corrected chi connectivity index (χ2v) is 7.30. The third-order valence-electron chi connectivity index (χ3n) is 5.16. The third kappa shape index (κ3) is 3.66. The van der Waals surface area contributed by atoms with Crippen LogP contribution in [0.3, 0.4) is 0 Å². The fourth-order valence-corrected chi connectivity index (χ4v) is 3.96. The van der Waals surface area contributed by atoms with Crippen LogP contribution >= 0.6 is 11.6 Å². The normalized spacial score (nSPS) is 15.6. The van der Waals surface area contributed by atoms with Crippen LogP contribution in [0.1, 0.15) is 34.8 Å². The number of fused-ring (bicyclic) bond motifs is 1. The third-order valence-corrected chi connectivity index (χ3v) is 5.50. The van der Waals surface area contributed by atoms with Crippen molar-refractivity contribution in [1.29, 1.82) is 0 Å². The average molecular weight is 397 g/mol. The summed E-state index contributed by atoms with van der Waals surface area (Å²) in [6.45, 7) is 2.30. The Morgan fingerprint density at radius 2 is 1.89 bits per heavy atom. The van der Waals surface area contributed by atoms with E-state index in [9.17, 15) is 9.59 Å². The van der Waals surface area contributed by atoms with Gasteiger partial charge >= 0.3 is 0 Å². The lowest BCUT2D eigenvalue weighted by Crippen LogP contribution is -2.39. The van der Waals surface area contributed by atoms with Gasteiger partial charge in [0.2, 0.25) is 0 Å². The number of aromatic nitrogens is 2. The molecule has 0 aliphatic carbocycles. The van der Waals surface area contributed by atoms with E-state index in [1.807, 2.05) is 24.3 Å². The number of nitrogens with one attached hydrogen (secondary N) is 1. The first kappa shape index (κ1) is 18.7. The van der Waals surface area contributed by atoms with Gasteiger partial charge in [-0.25, -0.2) is 4.98 Å².